The molecule has 6 rings (SSSR count). The van der Waals surface area contributed by atoms with E-state index in [2.05, 4.69) is 66.6 Å². The van der Waals surface area contributed by atoms with Crippen LogP contribution in [0.15, 0.2) is 108 Å². The number of anilines is 6. The molecule has 25 nitrogen and oxygen atoms in total. The topological polar surface area (TPSA) is 355 Å². The summed E-state index contributed by atoms with van der Waals surface area (Å²) in [5.74, 6) is -2.05. The summed E-state index contributed by atoms with van der Waals surface area (Å²) in [5, 5.41) is 31.5. The maximum Gasteiger partial charge on any atom is 0.412 e. The highest BCUT2D eigenvalue weighted by Gasteiger charge is 2.25. The van der Waals surface area contributed by atoms with Gasteiger partial charge in [0.1, 0.15) is 23.3 Å². The van der Waals surface area contributed by atoms with Gasteiger partial charge in [0.2, 0.25) is 17.7 Å². The number of nitrogens with zero attached hydrogens (tertiary/aromatic N) is 4. The molecule has 27 heteroatoms. The second-order valence-electron chi connectivity index (χ2n) is 19.7. The summed E-state index contributed by atoms with van der Waals surface area (Å²) in [4.78, 5) is 112. The number of thiazole rings is 2. The van der Waals surface area contributed by atoms with E-state index in [0.29, 0.717) is 70.1 Å². The Kier molecular flexibility index (Phi) is 26.7. The van der Waals surface area contributed by atoms with Crippen molar-refractivity contribution in [3.8, 4) is 22.5 Å². The Morgan fingerprint density at radius 2 is 0.928 bits per heavy atom. The van der Waals surface area contributed by atoms with Crippen molar-refractivity contribution in [2.45, 2.75) is 116 Å². The summed E-state index contributed by atoms with van der Waals surface area (Å²) in [6.45, 7) is 10.7. The molecule has 0 aliphatic heterocycles. The number of hydrogen-bond donors (Lipinski definition) is 9. The molecular formula is C56H70N12O13S2. The first-order valence-electron chi connectivity index (χ1n) is 25.9. The molecule has 6 aromatic rings. The van der Waals surface area contributed by atoms with Crippen LogP contribution >= 0.6 is 22.7 Å². The number of carboxylic acids is 1. The van der Waals surface area contributed by atoms with Crippen molar-refractivity contribution in [3.63, 3.8) is 0 Å². The molecule has 0 spiro atoms. The molecule has 0 bridgehead atoms. The van der Waals surface area contributed by atoms with Gasteiger partial charge in [0, 0.05) is 59.5 Å². The molecule has 0 aliphatic rings. The van der Waals surface area contributed by atoms with Crippen LogP contribution in [0.2, 0.25) is 0 Å². The number of nitrogens with one attached hydrogen (secondary N) is 7. The Balaban J connectivity index is 0.000000300. The van der Waals surface area contributed by atoms with Gasteiger partial charge in [-0.3, -0.25) is 39.8 Å². The van der Waals surface area contributed by atoms with Gasteiger partial charge in [-0.2, -0.15) is 0 Å². The van der Waals surface area contributed by atoms with Gasteiger partial charge in [0.15, 0.2) is 10.3 Å². The van der Waals surface area contributed by atoms with E-state index in [1.54, 1.807) is 120 Å². The summed E-state index contributed by atoms with van der Waals surface area (Å²) >= 11 is 2.52. The fourth-order valence-electron chi connectivity index (χ4n) is 6.91. The minimum absolute atomic E-state index is 0.00827. The first-order valence-corrected chi connectivity index (χ1v) is 27.7. The van der Waals surface area contributed by atoms with Gasteiger partial charge in [-0.1, -0.05) is 37.1 Å². The number of aromatic nitrogens is 4. The first kappa shape index (κ1) is 66.3. The molecule has 83 heavy (non-hydrogen) atoms. The van der Waals surface area contributed by atoms with Gasteiger partial charge < -0.3 is 56.4 Å². The number of nitrogen functional groups attached to an aromatic ring is 1. The number of benzene rings is 2. The van der Waals surface area contributed by atoms with Crippen LogP contribution in [-0.4, -0.2) is 111 Å². The minimum atomic E-state index is -0.900. The van der Waals surface area contributed by atoms with Gasteiger partial charge in [-0.05, 0) is 116 Å². The van der Waals surface area contributed by atoms with Gasteiger partial charge in [-0.25, -0.2) is 29.1 Å². The number of amides is 7. The van der Waals surface area contributed by atoms with Crippen LogP contribution in [0.1, 0.15) is 92.9 Å². The predicted octanol–water partition coefficient (Wildman–Crippen LogP) is 10.5. The Hall–Kier alpha value is -9.24. The van der Waals surface area contributed by atoms with Crippen LogP contribution in [0.25, 0.3) is 22.5 Å². The predicted molar refractivity (Wildman–Crippen MR) is 317 cm³/mol. The lowest BCUT2D eigenvalue weighted by Gasteiger charge is -2.20. The lowest BCUT2D eigenvalue weighted by atomic mass is 10.1. The Morgan fingerprint density at radius 1 is 0.530 bits per heavy atom. The maximum atomic E-state index is 12.9. The van der Waals surface area contributed by atoms with Gasteiger partial charge >= 0.3 is 30.3 Å². The molecule has 0 radical (unpaired) electrons. The normalized spacial score (nSPS) is 11.4. The molecule has 0 saturated carbocycles. The number of nitrogens with two attached hydrogens (primary N) is 1. The quantitative estimate of drug-likeness (QED) is 0.0184. The van der Waals surface area contributed by atoms with Gasteiger partial charge in [-0.15, -0.1) is 22.7 Å². The molecule has 10 N–H and O–H groups in total. The minimum Gasteiger partial charge on any atom is -0.481 e. The Labute approximate surface area is 488 Å². The number of methoxy groups -OCH3 is 2. The zero-order valence-electron chi connectivity index (χ0n) is 47.2. The average Bonchev–Trinajstić information content (AvgIpc) is 4.36. The molecule has 0 aliphatic carbocycles. The third kappa shape index (κ3) is 25.8. The largest absolute Gasteiger partial charge is 0.481 e. The fraction of sp³-hybridized carbons (Fsp3) is 0.357. The lowest BCUT2D eigenvalue weighted by molar-refractivity contribution is -0.137. The number of alkyl carbamates (subject to hydrolysis) is 2. The van der Waals surface area contributed by atoms with Crippen molar-refractivity contribution in [1.82, 2.24) is 30.6 Å². The van der Waals surface area contributed by atoms with Crippen LogP contribution in [0, 0.1) is 0 Å². The van der Waals surface area contributed by atoms with Crippen LogP contribution < -0.4 is 43.0 Å². The second-order valence-corrected chi connectivity index (χ2v) is 21.4. The molecule has 444 valence electrons. The van der Waals surface area contributed by atoms with E-state index in [0.717, 1.165) is 11.1 Å². The van der Waals surface area contributed by atoms with Crippen LogP contribution in [-0.2, 0) is 38.1 Å². The second kappa shape index (κ2) is 33.5. The number of carbonyl (C=O) groups excluding carboxylic acids is 7. The van der Waals surface area contributed by atoms with Gasteiger partial charge in [0.25, 0.3) is 0 Å². The highest BCUT2D eigenvalue weighted by Crippen LogP contribution is 2.27. The van der Waals surface area contributed by atoms with Crippen molar-refractivity contribution in [1.29, 1.82) is 0 Å². The van der Waals surface area contributed by atoms with Crippen molar-refractivity contribution in [2.24, 2.45) is 0 Å². The van der Waals surface area contributed by atoms with E-state index in [1.165, 1.54) is 36.9 Å². The van der Waals surface area contributed by atoms with Crippen LogP contribution in [0.3, 0.4) is 0 Å². The third-order valence-electron chi connectivity index (χ3n) is 10.7. The Morgan fingerprint density at radius 3 is 1.34 bits per heavy atom. The fourth-order valence-corrected chi connectivity index (χ4v) is 8.35. The molecule has 4 heterocycles. The monoisotopic (exact) mass is 1180 g/mol. The van der Waals surface area contributed by atoms with E-state index in [-0.39, 0.29) is 31.6 Å². The molecule has 0 saturated heterocycles. The SMILES string of the molecule is CC(C)(C)OC(=O)Nc1ccccc1N.COC(=O)NC(CCCCC(=O)Nc1ccccc1NC(=O)OC(C)(C)C)C(=O)Nc1nc(-c2ccncc2)cs1.COC(=O)NC(CCCCC(=O)O)C(=O)Nc1nc(-c2ccncc2)cs1. The first-order chi connectivity index (χ1) is 39.4. The van der Waals surface area contributed by atoms with E-state index in [9.17, 15) is 38.4 Å². The molecule has 0 fully saturated rings. The summed E-state index contributed by atoms with van der Waals surface area (Å²) in [5.41, 5.74) is 9.55. The average molecular weight is 1180 g/mol. The summed E-state index contributed by atoms with van der Waals surface area (Å²) in [7, 11) is 2.42. The number of ether oxygens (including phenoxy) is 4. The number of carbonyl (C=O) groups is 8. The Bertz CT molecular complexity index is 3080. The summed E-state index contributed by atoms with van der Waals surface area (Å²) in [6.07, 6.45) is 6.53. The lowest BCUT2D eigenvalue weighted by Crippen LogP contribution is -2.43. The van der Waals surface area contributed by atoms with Crippen molar-refractivity contribution >= 4 is 104 Å². The van der Waals surface area contributed by atoms with Gasteiger partial charge in [0.05, 0.1) is 48.4 Å². The number of pyridine rings is 2. The molecule has 2 aromatic carbocycles. The highest BCUT2D eigenvalue weighted by atomic mass is 32.1. The molecule has 7 amide bonds. The number of hydrogen-bond acceptors (Lipinski definition) is 19. The van der Waals surface area contributed by atoms with Crippen molar-refractivity contribution in [3.05, 3.63) is 108 Å². The zero-order chi connectivity index (χ0) is 61.0. The summed E-state index contributed by atoms with van der Waals surface area (Å²) in [6, 6.07) is 19.3. The standard InChI is InChI=1S/C28H34N6O6S.C17H20N4O5S.C11H16N2O2/c1-28(2,3)40-27(38)32-20-10-6-5-9-19(20)30-23(35)12-8-7-11-21(33-26(37)39-4)24(36)34-25-31-22(17-41-25)18-13-15-29-16-14-18;1-26-17(25)20-12(4-2-3-5-14(22)23)15(24)21-16-19-13(10-27-16)11-6-8-18-9-7-11;1-11(2,3)15-10(14)13-9-7-5-4-6-8(9)12/h5-6,9-10,13-17,21H,7-8,11-12H2,1-4H3,(H,30,35)(H,32,38)(H,33,37)(H,31,34,36);6-10,12H,2-5H2,1H3,(H,20,25)(H,22,23)(H,19,21,24);4-7H,12H2,1-3H3,(H,13,14). The van der Waals surface area contributed by atoms with E-state index in [4.69, 9.17) is 20.3 Å². The van der Waals surface area contributed by atoms with Crippen LogP contribution in [0.5, 0.6) is 0 Å². The van der Waals surface area contributed by atoms with E-state index < -0.39 is 65.4 Å². The number of carboxylic acid groups (broad SMARTS) is 1. The van der Waals surface area contributed by atoms with E-state index in [1.807, 2.05) is 29.6 Å². The number of rotatable bonds is 21. The zero-order valence-corrected chi connectivity index (χ0v) is 48.9. The summed E-state index contributed by atoms with van der Waals surface area (Å²) < 4.78 is 19.6. The highest BCUT2D eigenvalue weighted by molar-refractivity contribution is 7.14. The smallest absolute Gasteiger partial charge is 0.412 e. The number of unbranched alkanes of at least 4 members (excludes halogenated alkanes) is 2. The molecule has 2 atom stereocenters. The number of para-hydroxylation sites is 4. The molecule has 2 unspecified atom stereocenters. The molecular weight excluding hydrogens is 1110 g/mol. The maximum absolute atomic E-state index is 12.9. The van der Waals surface area contributed by atoms with Crippen molar-refractivity contribution < 1.29 is 62.4 Å². The number of aliphatic carboxylic acids is 1. The third-order valence-corrected chi connectivity index (χ3v) is 12.2. The van der Waals surface area contributed by atoms with E-state index >= 15 is 0 Å². The molecule has 4 aromatic heterocycles. The van der Waals surface area contributed by atoms with Crippen LogP contribution in [0.4, 0.5) is 52.2 Å². The van der Waals surface area contributed by atoms with Crippen molar-refractivity contribution in [2.75, 3.05) is 46.5 Å².